The fourth-order valence-electron chi connectivity index (χ4n) is 1.54. The van der Waals surface area contributed by atoms with E-state index < -0.39 is 0 Å². The molecule has 0 bridgehead atoms. The van der Waals surface area contributed by atoms with E-state index in [0.717, 1.165) is 24.0 Å². The second-order valence-electron chi connectivity index (χ2n) is 3.62. The number of thiophene rings is 1. The van der Waals surface area contributed by atoms with Crippen LogP contribution in [0.5, 0.6) is 0 Å². The topological polar surface area (TPSA) is 21.3 Å². The first kappa shape index (κ1) is 10.6. The van der Waals surface area contributed by atoms with Crippen LogP contribution in [0.1, 0.15) is 24.3 Å². The van der Waals surface area contributed by atoms with Gasteiger partial charge in [-0.15, -0.1) is 11.3 Å². The zero-order chi connectivity index (χ0) is 9.97. The van der Waals surface area contributed by atoms with Crippen LogP contribution in [-0.2, 0) is 4.74 Å². The summed E-state index contributed by atoms with van der Waals surface area (Å²) < 4.78 is 6.95. The molecule has 1 N–H and O–H groups in total. The first-order chi connectivity index (χ1) is 6.75. The van der Waals surface area contributed by atoms with Crippen LogP contribution in [0.25, 0.3) is 0 Å². The van der Waals surface area contributed by atoms with E-state index in [1.165, 1.54) is 4.88 Å². The van der Waals surface area contributed by atoms with E-state index in [0.29, 0.717) is 6.04 Å². The third-order valence-corrected chi connectivity index (χ3v) is 4.21. The van der Waals surface area contributed by atoms with Crippen molar-refractivity contribution in [2.45, 2.75) is 25.5 Å². The van der Waals surface area contributed by atoms with Crippen molar-refractivity contribution in [2.24, 2.45) is 0 Å². The van der Waals surface area contributed by atoms with E-state index in [-0.39, 0.29) is 6.10 Å². The number of hydrogen-bond acceptors (Lipinski definition) is 3. The Balaban J connectivity index is 2.04. The van der Waals surface area contributed by atoms with Crippen LogP contribution in [0, 0.1) is 0 Å². The van der Waals surface area contributed by atoms with Crippen molar-refractivity contribution < 1.29 is 4.74 Å². The van der Waals surface area contributed by atoms with E-state index in [4.69, 9.17) is 4.74 Å². The van der Waals surface area contributed by atoms with Gasteiger partial charge >= 0.3 is 0 Å². The van der Waals surface area contributed by atoms with Crippen molar-refractivity contribution in [3.8, 4) is 0 Å². The quantitative estimate of drug-likeness (QED) is 0.851. The van der Waals surface area contributed by atoms with Gasteiger partial charge in [-0.1, -0.05) is 0 Å². The van der Waals surface area contributed by atoms with Gasteiger partial charge in [0.05, 0.1) is 0 Å². The number of rotatable bonds is 1. The van der Waals surface area contributed by atoms with Gasteiger partial charge in [-0.2, -0.15) is 0 Å². The second kappa shape index (κ2) is 4.75. The van der Waals surface area contributed by atoms with Gasteiger partial charge in [-0.05, 0) is 35.3 Å². The average molecular weight is 276 g/mol. The maximum atomic E-state index is 5.80. The molecule has 1 saturated heterocycles. The Morgan fingerprint density at radius 3 is 3.21 bits per heavy atom. The van der Waals surface area contributed by atoms with Crippen molar-refractivity contribution in [3.05, 3.63) is 20.8 Å². The van der Waals surface area contributed by atoms with Gasteiger partial charge in [0.1, 0.15) is 6.10 Å². The number of halogens is 1. The van der Waals surface area contributed by atoms with Crippen molar-refractivity contribution in [1.29, 1.82) is 0 Å². The molecule has 2 heterocycles. The maximum Gasteiger partial charge on any atom is 0.104 e. The summed E-state index contributed by atoms with van der Waals surface area (Å²) in [6.45, 7) is 3.98. The minimum Gasteiger partial charge on any atom is -0.371 e. The molecule has 2 nitrogen and oxygen atoms in total. The molecule has 78 valence electrons. The summed E-state index contributed by atoms with van der Waals surface area (Å²) >= 11 is 5.22. The Bertz CT molecular complexity index is 302. The minimum absolute atomic E-state index is 0.233. The molecule has 1 aromatic heterocycles. The van der Waals surface area contributed by atoms with Crippen molar-refractivity contribution in [3.63, 3.8) is 0 Å². The van der Waals surface area contributed by atoms with Crippen molar-refractivity contribution >= 4 is 27.3 Å². The van der Waals surface area contributed by atoms with Crippen LogP contribution < -0.4 is 5.32 Å². The largest absolute Gasteiger partial charge is 0.371 e. The Kier molecular flexibility index (Phi) is 3.60. The lowest BCUT2D eigenvalue weighted by Gasteiger charge is -2.13. The first-order valence-electron chi connectivity index (χ1n) is 4.84. The molecule has 1 fully saturated rings. The third kappa shape index (κ3) is 2.57. The fourth-order valence-corrected chi connectivity index (χ4v) is 3.03. The molecular formula is C10H14BrNOS. The number of nitrogens with one attached hydrogen (secondary N) is 1. The molecule has 2 rings (SSSR count). The van der Waals surface area contributed by atoms with E-state index in [1.54, 1.807) is 11.3 Å². The summed E-state index contributed by atoms with van der Waals surface area (Å²) in [6, 6.07) is 2.72. The highest BCUT2D eigenvalue weighted by atomic mass is 79.9. The normalized spacial score (nSPS) is 28.7. The average Bonchev–Trinajstić information content (AvgIpc) is 2.46. The summed E-state index contributed by atoms with van der Waals surface area (Å²) in [5, 5.41) is 5.57. The van der Waals surface area contributed by atoms with E-state index in [1.807, 2.05) is 0 Å². The van der Waals surface area contributed by atoms with Crippen molar-refractivity contribution in [2.75, 3.05) is 13.2 Å². The molecule has 1 aromatic rings. The lowest BCUT2D eigenvalue weighted by Crippen LogP contribution is -2.27. The summed E-state index contributed by atoms with van der Waals surface area (Å²) in [5.41, 5.74) is 0. The molecule has 2 unspecified atom stereocenters. The zero-order valence-electron chi connectivity index (χ0n) is 8.13. The Hall–Kier alpha value is 0.1000. The summed E-state index contributed by atoms with van der Waals surface area (Å²) in [5.74, 6) is 0. The lowest BCUT2D eigenvalue weighted by atomic mass is 10.2. The third-order valence-electron chi connectivity index (χ3n) is 2.43. The monoisotopic (exact) mass is 275 g/mol. The van der Waals surface area contributed by atoms with Crippen LogP contribution in [0.15, 0.2) is 15.9 Å². The molecule has 0 spiro atoms. The Morgan fingerprint density at radius 1 is 1.64 bits per heavy atom. The number of hydrogen-bond donors (Lipinski definition) is 1. The highest BCUT2D eigenvalue weighted by Crippen LogP contribution is 2.28. The maximum absolute atomic E-state index is 5.80. The van der Waals surface area contributed by atoms with Gasteiger partial charge < -0.3 is 10.1 Å². The Morgan fingerprint density at radius 2 is 2.50 bits per heavy atom. The molecule has 0 aromatic carbocycles. The van der Waals surface area contributed by atoms with Crippen molar-refractivity contribution in [1.82, 2.24) is 5.32 Å². The smallest absolute Gasteiger partial charge is 0.104 e. The second-order valence-corrected chi connectivity index (χ2v) is 5.48. The molecule has 2 atom stereocenters. The standard InChI is InChI=1S/C10H14BrNOS/c1-7-2-3-13-9(5-12-7)10-4-8(11)6-14-10/h4,6-7,9,12H,2-3,5H2,1H3. The summed E-state index contributed by atoms with van der Waals surface area (Å²) in [6.07, 6.45) is 1.33. The molecule has 4 heteroatoms. The van der Waals surface area contributed by atoms with Gasteiger partial charge in [0.2, 0.25) is 0 Å². The molecule has 1 aliphatic heterocycles. The van der Waals surface area contributed by atoms with Gasteiger partial charge in [0, 0.05) is 33.9 Å². The lowest BCUT2D eigenvalue weighted by molar-refractivity contribution is 0.0689. The van der Waals surface area contributed by atoms with Gasteiger partial charge in [-0.3, -0.25) is 0 Å². The highest BCUT2D eigenvalue weighted by molar-refractivity contribution is 9.10. The predicted molar refractivity (Wildman–Crippen MR) is 62.8 cm³/mol. The van der Waals surface area contributed by atoms with Crippen LogP contribution in [0.2, 0.25) is 0 Å². The molecular weight excluding hydrogens is 262 g/mol. The summed E-state index contributed by atoms with van der Waals surface area (Å²) in [7, 11) is 0. The molecule has 0 saturated carbocycles. The molecule has 0 amide bonds. The molecule has 0 aliphatic carbocycles. The van der Waals surface area contributed by atoms with E-state index in [9.17, 15) is 0 Å². The molecule has 0 radical (unpaired) electrons. The van der Waals surface area contributed by atoms with Gasteiger partial charge in [0.25, 0.3) is 0 Å². The van der Waals surface area contributed by atoms with Crippen LogP contribution in [0.4, 0.5) is 0 Å². The predicted octanol–water partition coefficient (Wildman–Crippen LogP) is 2.95. The molecule has 14 heavy (non-hydrogen) atoms. The van der Waals surface area contributed by atoms with E-state index in [2.05, 4.69) is 39.6 Å². The Labute approximate surface area is 96.8 Å². The SMILES string of the molecule is CC1CCOC(c2cc(Br)cs2)CN1. The van der Waals surface area contributed by atoms with E-state index >= 15 is 0 Å². The van der Waals surface area contributed by atoms with Gasteiger partial charge in [0.15, 0.2) is 0 Å². The summed E-state index contributed by atoms with van der Waals surface area (Å²) in [4.78, 5) is 1.30. The van der Waals surface area contributed by atoms with Crippen LogP contribution >= 0.6 is 27.3 Å². The van der Waals surface area contributed by atoms with Crippen LogP contribution in [-0.4, -0.2) is 19.2 Å². The van der Waals surface area contributed by atoms with Gasteiger partial charge in [-0.25, -0.2) is 0 Å². The molecule has 1 aliphatic rings. The van der Waals surface area contributed by atoms with Crippen LogP contribution in [0.3, 0.4) is 0 Å². The zero-order valence-corrected chi connectivity index (χ0v) is 10.5. The number of ether oxygens (including phenoxy) is 1. The highest BCUT2D eigenvalue weighted by Gasteiger charge is 2.18. The minimum atomic E-state index is 0.233. The fraction of sp³-hybridized carbons (Fsp3) is 0.600. The first-order valence-corrected chi connectivity index (χ1v) is 6.52.